The Morgan fingerprint density at radius 2 is 1.72 bits per heavy atom. The topological polar surface area (TPSA) is 70.5 Å². The van der Waals surface area contributed by atoms with E-state index in [0.29, 0.717) is 11.5 Å². The largest absolute Gasteiger partial charge is 0.507 e. The first-order valence-corrected chi connectivity index (χ1v) is 10.7. The molecule has 0 bridgehead atoms. The van der Waals surface area contributed by atoms with Crippen molar-refractivity contribution in [1.29, 1.82) is 0 Å². The number of amides is 1. The molecule has 5 heteroatoms. The fourth-order valence-electron chi connectivity index (χ4n) is 4.01. The number of benzene rings is 2. The van der Waals surface area contributed by atoms with Crippen LogP contribution < -0.4 is 0 Å². The van der Waals surface area contributed by atoms with Crippen molar-refractivity contribution in [1.82, 2.24) is 9.88 Å². The van der Waals surface area contributed by atoms with Crippen LogP contribution in [0.25, 0.3) is 5.76 Å². The number of pyridine rings is 1. The van der Waals surface area contributed by atoms with E-state index in [1.807, 2.05) is 49.4 Å². The molecular formula is C27H26N2O3. The number of carbonyl (C=O) groups is 2. The first-order valence-electron chi connectivity index (χ1n) is 10.7. The van der Waals surface area contributed by atoms with E-state index in [0.717, 1.165) is 22.3 Å². The maximum absolute atomic E-state index is 13.1. The third-order valence-electron chi connectivity index (χ3n) is 5.86. The van der Waals surface area contributed by atoms with Gasteiger partial charge in [-0.25, -0.2) is 0 Å². The molecule has 1 aromatic heterocycles. The number of rotatable bonds is 5. The maximum Gasteiger partial charge on any atom is 0.295 e. The second kappa shape index (κ2) is 8.79. The standard InChI is InChI=1S/C27H26N2O3/c1-17(2)20-10-12-21(13-11-20)24-23(25(30)22-8-6-18(3)7-9-22)26(31)27(32)29(24)16-19-5-4-14-28-15-19/h4-15,17,24,30H,16H2,1-3H3/b25-23+. The zero-order valence-electron chi connectivity index (χ0n) is 18.4. The van der Waals surface area contributed by atoms with Crippen LogP contribution in [0.4, 0.5) is 0 Å². The van der Waals surface area contributed by atoms with Crippen LogP contribution in [0, 0.1) is 6.92 Å². The molecule has 0 radical (unpaired) electrons. The smallest absolute Gasteiger partial charge is 0.295 e. The Labute approximate surface area is 188 Å². The highest BCUT2D eigenvalue weighted by Gasteiger charge is 2.46. The monoisotopic (exact) mass is 426 g/mol. The van der Waals surface area contributed by atoms with Crippen LogP contribution in [0.5, 0.6) is 0 Å². The molecule has 1 amide bonds. The van der Waals surface area contributed by atoms with Crippen LogP contribution in [-0.4, -0.2) is 26.7 Å². The van der Waals surface area contributed by atoms with E-state index < -0.39 is 17.7 Å². The van der Waals surface area contributed by atoms with Gasteiger partial charge in [0, 0.05) is 24.5 Å². The highest BCUT2D eigenvalue weighted by Crippen LogP contribution is 2.40. The van der Waals surface area contributed by atoms with Crippen LogP contribution in [-0.2, 0) is 16.1 Å². The van der Waals surface area contributed by atoms with Crippen molar-refractivity contribution in [3.8, 4) is 0 Å². The minimum Gasteiger partial charge on any atom is -0.507 e. The second-order valence-corrected chi connectivity index (χ2v) is 8.48. The summed E-state index contributed by atoms with van der Waals surface area (Å²) in [5.74, 6) is -1.10. The van der Waals surface area contributed by atoms with Crippen molar-refractivity contribution in [2.75, 3.05) is 0 Å². The van der Waals surface area contributed by atoms with Gasteiger partial charge in [-0.05, 0) is 35.6 Å². The van der Waals surface area contributed by atoms with Gasteiger partial charge in [0.2, 0.25) is 0 Å². The average Bonchev–Trinajstić information content (AvgIpc) is 3.05. The highest BCUT2D eigenvalue weighted by molar-refractivity contribution is 6.46. The molecule has 162 valence electrons. The van der Waals surface area contributed by atoms with Crippen molar-refractivity contribution in [3.63, 3.8) is 0 Å². The number of aryl methyl sites for hydroxylation is 1. The van der Waals surface area contributed by atoms with Gasteiger partial charge in [-0.3, -0.25) is 14.6 Å². The molecule has 0 aliphatic carbocycles. The molecule has 0 spiro atoms. The number of aromatic nitrogens is 1. The van der Waals surface area contributed by atoms with Crippen molar-refractivity contribution >= 4 is 17.4 Å². The number of hydrogen-bond donors (Lipinski definition) is 1. The van der Waals surface area contributed by atoms with Gasteiger partial charge >= 0.3 is 0 Å². The Balaban J connectivity index is 1.84. The fraction of sp³-hybridized carbons (Fsp3) is 0.222. The summed E-state index contributed by atoms with van der Waals surface area (Å²) >= 11 is 0. The van der Waals surface area contributed by atoms with Gasteiger partial charge in [0.15, 0.2) is 0 Å². The average molecular weight is 427 g/mol. The summed E-state index contributed by atoms with van der Waals surface area (Å²) in [7, 11) is 0. The summed E-state index contributed by atoms with van der Waals surface area (Å²) in [5.41, 5.74) is 4.43. The van der Waals surface area contributed by atoms with E-state index in [1.54, 1.807) is 30.6 Å². The molecule has 1 aliphatic heterocycles. The number of nitrogens with zero attached hydrogens (tertiary/aromatic N) is 2. The second-order valence-electron chi connectivity index (χ2n) is 8.48. The Hall–Kier alpha value is -3.73. The molecule has 32 heavy (non-hydrogen) atoms. The van der Waals surface area contributed by atoms with Crippen LogP contribution in [0.15, 0.2) is 78.6 Å². The van der Waals surface area contributed by atoms with E-state index >= 15 is 0 Å². The van der Waals surface area contributed by atoms with Crippen LogP contribution >= 0.6 is 0 Å². The summed E-state index contributed by atoms with van der Waals surface area (Å²) in [6, 6.07) is 18.1. The lowest BCUT2D eigenvalue weighted by Crippen LogP contribution is -2.29. The number of likely N-dealkylation sites (tertiary alicyclic amines) is 1. The van der Waals surface area contributed by atoms with Gasteiger partial charge < -0.3 is 10.0 Å². The molecule has 0 saturated carbocycles. The van der Waals surface area contributed by atoms with Crippen LogP contribution in [0.1, 0.15) is 53.6 Å². The van der Waals surface area contributed by atoms with Gasteiger partial charge in [0.25, 0.3) is 11.7 Å². The molecule has 1 atom stereocenters. The number of aliphatic hydroxyl groups is 1. The van der Waals surface area contributed by atoms with Crippen molar-refractivity contribution in [3.05, 3.63) is 106 Å². The SMILES string of the molecule is Cc1ccc(/C(O)=C2\C(=O)C(=O)N(Cc3cccnc3)C2c2ccc(C(C)C)cc2)cc1. The maximum atomic E-state index is 13.1. The summed E-state index contributed by atoms with van der Waals surface area (Å²) in [6.45, 7) is 6.40. The minimum atomic E-state index is -0.683. The van der Waals surface area contributed by atoms with Gasteiger partial charge in [-0.15, -0.1) is 0 Å². The van der Waals surface area contributed by atoms with Crippen molar-refractivity contribution in [2.24, 2.45) is 0 Å². The lowest BCUT2D eigenvalue weighted by Gasteiger charge is -2.25. The lowest BCUT2D eigenvalue weighted by atomic mass is 9.93. The number of Topliss-reactive ketones (excluding diaryl/α,β-unsaturated/α-hetero) is 1. The molecule has 1 unspecified atom stereocenters. The van der Waals surface area contributed by atoms with E-state index in [-0.39, 0.29) is 17.9 Å². The third-order valence-corrected chi connectivity index (χ3v) is 5.86. The molecule has 4 rings (SSSR count). The Morgan fingerprint density at radius 1 is 1.03 bits per heavy atom. The molecule has 1 N–H and O–H groups in total. The minimum absolute atomic E-state index is 0.111. The molecule has 1 fully saturated rings. The van der Waals surface area contributed by atoms with Gasteiger partial charge in [-0.2, -0.15) is 0 Å². The molecule has 2 heterocycles. The molecule has 5 nitrogen and oxygen atoms in total. The van der Waals surface area contributed by atoms with Gasteiger partial charge in [0.1, 0.15) is 5.76 Å². The van der Waals surface area contributed by atoms with E-state index in [9.17, 15) is 14.7 Å². The highest BCUT2D eigenvalue weighted by atomic mass is 16.3. The van der Waals surface area contributed by atoms with E-state index in [2.05, 4.69) is 18.8 Å². The van der Waals surface area contributed by atoms with Gasteiger partial charge in [0.05, 0.1) is 11.6 Å². The predicted octanol–water partition coefficient (Wildman–Crippen LogP) is 5.14. The molecule has 3 aromatic rings. The number of ketones is 1. The van der Waals surface area contributed by atoms with Crippen LogP contribution in [0.2, 0.25) is 0 Å². The number of aliphatic hydroxyl groups excluding tert-OH is 1. The third kappa shape index (κ3) is 4.06. The Kier molecular flexibility index (Phi) is 5.91. The molecule has 1 saturated heterocycles. The number of carbonyl (C=O) groups excluding carboxylic acids is 2. The van der Waals surface area contributed by atoms with E-state index in [1.165, 1.54) is 4.90 Å². The molecule has 2 aromatic carbocycles. The summed E-state index contributed by atoms with van der Waals surface area (Å²) < 4.78 is 0. The normalized spacial score (nSPS) is 17.9. The first kappa shape index (κ1) is 21.5. The first-order chi connectivity index (χ1) is 15.4. The fourth-order valence-corrected chi connectivity index (χ4v) is 4.01. The quantitative estimate of drug-likeness (QED) is 0.349. The Bertz CT molecular complexity index is 1160. The summed E-state index contributed by atoms with van der Waals surface area (Å²) in [6.07, 6.45) is 3.34. The Morgan fingerprint density at radius 3 is 2.31 bits per heavy atom. The molecule has 1 aliphatic rings. The zero-order valence-corrected chi connectivity index (χ0v) is 18.4. The number of hydrogen-bond acceptors (Lipinski definition) is 4. The summed E-state index contributed by atoms with van der Waals surface area (Å²) in [5, 5.41) is 11.1. The summed E-state index contributed by atoms with van der Waals surface area (Å²) in [4.78, 5) is 31.8. The lowest BCUT2D eigenvalue weighted by molar-refractivity contribution is -0.140. The predicted molar refractivity (Wildman–Crippen MR) is 124 cm³/mol. The van der Waals surface area contributed by atoms with Crippen molar-refractivity contribution in [2.45, 2.75) is 39.3 Å². The molecular weight excluding hydrogens is 400 g/mol. The van der Waals surface area contributed by atoms with Gasteiger partial charge in [-0.1, -0.05) is 74.0 Å². The van der Waals surface area contributed by atoms with Crippen LogP contribution in [0.3, 0.4) is 0 Å². The van der Waals surface area contributed by atoms with E-state index in [4.69, 9.17) is 0 Å². The van der Waals surface area contributed by atoms with Crippen molar-refractivity contribution < 1.29 is 14.7 Å². The zero-order chi connectivity index (χ0) is 22.8.